The summed E-state index contributed by atoms with van der Waals surface area (Å²) in [5.74, 6) is -0.775. The number of amides is 1. The van der Waals surface area contributed by atoms with Crippen LogP contribution >= 0.6 is 11.3 Å². The van der Waals surface area contributed by atoms with E-state index in [1.165, 1.54) is 28.0 Å². The van der Waals surface area contributed by atoms with Gasteiger partial charge in [0.1, 0.15) is 4.88 Å². The van der Waals surface area contributed by atoms with Crippen LogP contribution in [0.2, 0.25) is 0 Å². The highest BCUT2D eigenvalue weighted by atomic mass is 32.1. The van der Waals surface area contributed by atoms with E-state index in [2.05, 4.69) is 24.0 Å². The summed E-state index contributed by atoms with van der Waals surface area (Å²) in [5, 5.41) is 2.62. The average Bonchev–Trinajstić information content (AvgIpc) is 3.04. The summed E-state index contributed by atoms with van der Waals surface area (Å²) in [4.78, 5) is 25.8. The minimum atomic E-state index is -0.830. The summed E-state index contributed by atoms with van der Waals surface area (Å²) in [5.41, 5.74) is 3.68. The molecule has 0 fully saturated rings. The van der Waals surface area contributed by atoms with Crippen molar-refractivity contribution < 1.29 is 14.3 Å². The fourth-order valence-electron chi connectivity index (χ4n) is 2.76. The Kier molecular flexibility index (Phi) is 4.81. The van der Waals surface area contributed by atoms with Crippen LogP contribution in [0.15, 0.2) is 43.0 Å². The van der Waals surface area contributed by atoms with E-state index in [-0.39, 0.29) is 5.91 Å². The third kappa shape index (κ3) is 3.26. The lowest BCUT2D eigenvalue weighted by atomic mass is 9.91. The molecular weight excluding hydrogens is 322 g/mol. The fraction of sp³-hybridized carbons (Fsp3) is 0.263. The van der Waals surface area contributed by atoms with Crippen molar-refractivity contribution in [3.63, 3.8) is 0 Å². The number of aryl methyl sites for hydroxylation is 2. The van der Waals surface area contributed by atoms with Crippen LogP contribution in [0, 0.1) is 0 Å². The molecule has 3 rings (SSSR count). The molecule has 0 bridgehead atoms. The quantitative estimate of drug-likeness (QED) is 0.670. The standard InChI is InChI=1S/C19H19NO3S/c1-3-10-20-18(21)12(2)23-19(22)16-11-14-9-8-13-6-4-5-7-15(13)17(14)24-16/h3-7,11-12H,1,8-10H2,2H3,(H,20,21)/t12-/m1/s1. The molecule has 0 aliphatic heterocycles. The second-order valence-corrected chi connectivity index (χ2v) is 6.76. The minimum absolute atomic E-state index is 0.324. The molecule has 1 aromatic carbocycles. The second-order valence-electron chi connectivity index (χ2n) is 5.70. The van der Waals surface area contributed by atoms with Crippen LogP contribution < -0.4 is 5.32 Å². The van der Waals surface area contributed by atoms with Crippen LogP contribution in [0.4, 0.5) is 0 Å². The first-order valence-electron chi connectivity index (χ1n) is 7.90. The van der Waals surface area contributed by atoms with E-state index >= 15 is 0 Å². The fourth-order valence-corrected chi connectivity index (χ4v) is 3.91. The van der Waals surface area contributed by atoms with Gasteiger partial charge in [-0.1, -0.05) is 30.3 Å². The van der Waals surface area contributed by atoms with Gasteiger partial charge in [-0.3, -0.25) is 4.79 Å². The molecule has 0 saturated heterocycles. The van der Waals surface area contributed by atoms with Gasteiger partial charge in [0.15, 0.2) is 6.10 Å². The molecule has 124 valence electrons. The van der Waals surface area contributed by atoms with E-state index < -0.39 is 12.1 Å². The van der Waals surface area contributed by atoms with Crippen molar-refractivity contribution in [3.8, 4) is 10.4 Å². The highest BCUT2D eigenvalue weighted by Gasteiger charge is 2.24. The number of nitrogens with one attached hydrogen (secondary N) is 1. The van der Waals surface area contributed by atoms with Crippen molar-refractivity contribution in [2.45, 2.75) is 25.9 Å². The third-order valence-electron chi connectivity index (χ3n) is 4.01. The normalized spacial score (nSPS) is 13.4. The predicted octanol–water partition coefficient (Wildman–Crippen LogP) is 3.36. The van der Waals surface area contributed by atoms with Gasteiger partial charge in [-0.05, 0) is 42.5 Å². The van der Waals surface area contributed by atoms with E-state index in [1.54, 1.807) is 13.0 Å². The third-order valence-corrected chi connectivity index (χ3v) is 5.20. The number of carbonyl (C=O) groups is 2. The number of benzene rings is 1. The maximum absolute atomic E-state index is 12.4. The van der Waals surface area contributed by atoms with Gasteiger partial charge in [-0.2, -0.15) is 0 Å². The number of hydrogen-bond donors (Lipinski definition) is 1. The Morgan fingerprint density at radius 1 is 1.33 bits per heavy atom. The molecule has 1 N–H and O–H groups in total. The monoisotopic (exact) mass is 341 g/mol. The molecule has 0 spiro atoms. The zero-order valence-corrected chi connectivity index (χ0v) is 14.3. The molecule has 1 aliphatic carbocycles. The Morgan fingerprint density at radius 2 is 2.08 bits per heavy atom. The van der Waals surface area contributed by atoms with Crippen molar-refractivity contribution in [3.05, 3.63) is 59.0 Å². The Hall–Kier alpha value is -2.40. The predicted molar refractivity (Wildman–Crippen MR) is 95.2 cm³/mol. The van der Waals surface area contributed by atoms with Crippen molar-refractivity contribution >= 4 is 23.2 Å². The van der Waals surface area contributed by atoms with Gasteiger partial charge < -0.3 is 10.1 Å². The molecule has 1 aromatic heterocycles. The number of fused-ring (bicyclic) bond motifs is 3. The molecule has 0 unspecified atom stereocenters. The Balaban J connectivity index is 1.75. The molecule has 24 heavy (non-hydrogen) atoms. The number of ether oxygens (including phenoxy) is 1. The maximum Gasteiger partial charge on any atom is 0.349 e. The molecule has 2 aromatic rings. The molecule has 5 heteroatoms. The zero-order valence-electron chi connectivity index (χ0n) is 13.5. The summed E-state index contributed by atoms with van der Waals surface area (Å²) in [6.45, 7) is 5.46. The van der Waals surface area contributed by atoms with Crippen molar-refractivity contribution in [1.29, 1.82) is 0 Å². The van der Waals surface area contributed by atoms with Crippen molar-refractivity contribution in [2.75, 3.05) is 6.54 Å². The van der Waals surface area contributed by atoms with Crippen molar-refractivity contribution in [2.24, 2.45) is 0 Å². The van der Waals surface area contributed by atoms with Gasteiger partial charge in [0.05, 0.1) is 0 Å². The molecule has 1 aliphatic rings. The van der Waals surface area contributed by atoms with E-state index in [1.807, 2.05) is 18.2 Å². The molecule has 4 nitrogen and oxygen atoms in total. The van der Waals surface area contributed by atoms with Gasteiger partial charge in [-0.25, -0.2) is 4.79 Å². The summed E-state index contributed by atoms with van der Waals surface area (Å²) < 4.78 is 5.29. The van der Waals surface area contributed by atoms with Crippen LogP contribution in [0.5, 0.6) is 0 Å². The van der Waals surface area contributed by atoms with Crippen LogP contribution in [0.1, 0.15) is 27.7 Å². The van der Waals surface area contributed by atoms with Gasteiger partial charge >= 0.3 is 5.97 Å². The lowest BCUT2D eigenvalue weighted by Crippen LogP contribution is -2.35. The largest absolute Gasteiger partial charge is 0.448 e. The minimum Gasteiger partial charge on any atom is -0.448 e. The van der Waals surface area contributed by atoms with Gasteiger partial charge in [0, 0.05) is 11.4 Å². The molecule has 0 saturated carbocycles. The van der Waals surface area contributed by atoms with E-state index in [0.29, 0.717) is 11.4 Å². The lowest BCUT2D eigenvalue weighted by Gasteiger charge is -2.15. The summed E-state index contributed by atoms with van der Waals surface area (Å²) in [6, 6.07) is 10.2. The number of esters is 1. The number of hydrogen-bond acceptors (Lipinski definition) is 4. The summed E-state index contributed by atoms with van der Waals surface area (Å²) in [6.07, 6.45) is 2.65. The highest BCUT2D eigenvalue weighted by molar-refractivity contribution is 7.17. The zero-order chi connectivity index (χ0) is 17.1. The molecule has 0 radical (unpaired) electrons. The van der Waals surface area contributed by atoms with E-state index in [4.69, 9.17) is 4.74 Å². The molecule has 1 amide bonds. The van der Waals surface area contributed by atoms with Crippen molar-refractivity contribution in [1.82, 2.24) is 5.32 Å². The second kappa shape index (κ2) is 7.01. The van der Waals surface area contributed by atoms with E-state index in [9.17, 15) is 9.59 Å². The Labute approximate surface area is 145 Å². The topological polar surface area (TPSA) is 55.4 Å². The number of carbonyl (C=O) groups excluding carboxylic acids is 2. The van der Waals surface area contributed by atoms with Gasteiger partial charge in [0.25, 0.3) is 5.91 Å². The number of thiophene rings is 1. The van der Waals surface area contributed by atoms with Gasteiger partial charge in [0.2, 0.25) is 0 Å². The first kappa shape index (κ1) is 16.5. The van der Waals surface area contributed by atoms with E-state index in [0.717, 1.165) is 17.7 Å². The maximum atomic E-state index is 12.4. The number of rotatable bonds is 5. The van der Waals surface area contributed by atoms with Crippen LogP contribution in [0.25, 0.3) is 10.4 Å². The highest BCUT2D eigenvalue weighted by Crippen LogP contribution is 2.39. The Morgan fingerprint density at radius 3 is 2.88 bits per heavy atom. The average molecular weight is 341 g/mol. The SMILES string of the molecule is C=CCNC(=O)[C@@H](C)OC(=O)c1cc2c(s1)-c1ccccc1CC2. The molecule has 1 atom stereocenters. The lowest BCUT2D eigenvalue weighted by molar-refractivity contribution is -0.128. The Bertz CT molecular complexity index is 794. The smallest absolute Gasteiger partial charge is 0.349 e. The van der Waals surface area contributed by atoms with Crippen LogP contribution in [-0.2, 0) is 22.4 Å². The molecular formula is C19H19NO3S. The molecule has 1 heterocycles. The first-order valence-corrected chi connectivity index (χ1v) is 8.72. The summed E-state index contributed by atoms with van der Waals surface area (Å²) >= 11 is 1.44. The summed E-state index contributed by atoms with van der Waals surface area (Å²) in [7, 11) is 0. The van der Waals surface area contributed by atoms with Crippen LogP contribution in [0.3, 0.4) is 0 Å². The van der Waals surface area contributed by atoms with Gasteiger partial charge in [-0.15, -0.1) is 17.9 Å². The first-order chi connectivity index (χ1) is 11.6. The van der Waals surface area contributed by atoms with Crippen LogP contribution in [-0.4, -0.2) is 24.5 Å².